The van der Waals surface area contributed by atoms with Gasteiger partial charge in [-0.2, -0.15) is 13.2 Å². The van der Waals surface area contributed by atoms with Crippen LogP contribution in [0.15, 0.2) is 18.2 Å². The monoisotopic (exact) mass is 270 g/mol. The Labute approximate surface area is 108 Å². The molecule has 3 rings (SSSR count). The van der Waals surface area contributed by atoms with E-state index in [-0.39, 0.29) is 5.56 Å². The molecule has 2 heterocycles. The Morgan fingerprint density at radius 3 is 2.79 bits per heavy atom. The van der Waals surface area contributed by atoms with E-state index in [1.165, 1.54) is 6.07 Å². The molecule has 2 aliphatic rings. The minimum atomic E-state index is -4.50. The van der Waals surface area contributed by atoms with Crippen molar-refractivity contribution in [3.63, 3.8) is 0 Å². The highest BCUT2D eigenvalue weighted by Gasteiger charge is 2.51. The van der Waals surface area contributed by atoms with Gasteiger partial charge in [-0.05, 0) is 18.6 Å². The van der Waals surface area contributed by atoms with Gasteiger partial charge in [-0.3, -0.25) is 4.79 Å². The van der Waals surface area contributed by atoms with Crippen LogP contribution in [0.5, 0.6) is 0 Å². The first-order chi connectivity index (χ1) is 8.86. The number of fused-ring (bicyclic) bond motifs is 3. The predicted molar refractivity (Wildman–Crippen MR) is 62.7 cm³/mol. The zero-order chi connectivity index (χ0) is 13.8. The molecule has 3 nitrogen and oxygen atoms in total. The highest BCUT2D eigenvalue weighted by atomic mass is 19.4. The number of carbonyl (C=O) groups is 1. The Morgan fingerprint density at radius 1 is 1.37 bits per heavy atom. The van der Waals surface area contributed by atoms with Crippen molar-refractivity contribution in [2.45, 2.75) is 18.6 Å². The highest BCUT2D eigenvalue weighted by Crippen LogP contribution is 2.44. The molecule has 0 aromatic heterocycles. The molecule has 0 bridgehead atoms. The number of carbonyl (C=O) groups excluding carboxylic acids is 1. The summed E-state index contributed by atoms with van der Waals surface area (Å²) in [6, 6.07) is 3.97. The van der Waals surface area contributed by atoms with Gasteiger partial charge < -0.3 is 10.2 Å². The average molecular weight is 270 g/mol. The van der Waals surface area contributed by atoms with E-state index in [0.29, 0.717) is 25.2 Å². The fraction of sp³-hybridized carbons (Fsp3) is 0.462. The van der Waals surface area contributed by atoms with E-state index < -0.39 is 23.2 Å². The molecule has 6 heteroatoms. The normalized spacial score (nSPS) is 26.3. The van der Waals surface area contributed by atoms with Crippen LogP contribution in [-0.2, 0) is 11.7 Å². The molecule has 1 saturated heterocycles. The summed E-state index contributed by atoms with van der Waals surface area (Å²) in [5.74, 6) is -0.507. The second-order valence-electron chi connectivity index (χ2n) is 5.13. The Hall–Kier alpha value is -1.56. The van der Waals surface area contributed by atoms with Gasteiger partial charge in [0.25, 0.3) is 5.91 Å². The molecule has 1 atom stereocenters. The largest absolute Gasteiger partial charge is 0.417 e. The standard InChI is InChI=1S/C13H13F3N2O/c1-12-7-17-5-6-18(12)11(19)10-8(12)3-2-4-9(10)13(14,15)16/h2-4,17H,5-7H2,1H3/t12-/m1/s1. The van der Waals surface area contributed by atoms with Gasteiger partial charge in [-0.15, -0.1) is 0 Å². The Balaban J connectivity index is 2.24. The zero-order valence-electron chi connectivity index (χ0n) is 10.3. The molecule has 1 aromatic rings. The number of alkyl halides is 3. The molecule has 1 aromatic carbocycles. The van der Waals surface area contributed by atoms with E-state index in [1.54, 1.807) is 11.0 Å². The molecule has 19 heavy (non-hydrogen) atoms. The number of amides is 1. The molecule has 1 amide bonds. The first-order valence-electron chi connectivity index (χ1n) is 6.09. The Bertz CT molecular complexity index is 555. The maximum atomic E-state index is 13.0. The average Bonchev–Trinajstić information content (AvgIpc) is 2.58. The summed E-state index contributed by atoms with van der Waals surface area (Å²) in [6.45, 7) is 3.33. The molecule has 0 saturated carbocycles. The van der Waals surface area contributed by atoms with Gasteiger partial charge in [0.1, 0.15) is 0 Å². The molecule has 2 aliphatic heterocycles. The van der Waals surface area contributed by atoms with Crippen LogP contribution in [0.25, 0.3) is 0 Å². The molecule has 0 unspecified atom stereocenters. The van der Waals surface area contributed by atoms with Crippen molar-refractivity contribution in [2.24, 2.45) is 0 Å². The fourth-order valence-corrected chi connectivity index (χ4v) is 3.03. The third-order valence-corrected chi connectivity index (χ3v) is 3.99. The lowest BCUT2D eigenvalue weighted by molar-refractivity contribution is -0.137. The minimum Gasteiger partial charge on any atom is -0.327 e. The van der Waals surface area contributed by atoms with Crippen molar-refractivity contribution in [3.05, 3.63) is 34.9 Å². The lowest BCUT2D eigenvalue weighted by atomic mass is 9.88. The van der Waals surface area contributed by atoms with Crippen molar-refractivity contribution >= 4 is 5.91 Å². The first-order valence-corrected chi connectivity index (χ1v) is 6.09. The van der Waals surface area contributed by atoms with Crippen LogP contribution < -0.4 is 5.32 Å². The SMILES string of the molecule is C[C@]12CNCCN1C(=O)c1c(C(F)(F)F)cccc12. The Kier molecular flexibility index (Phi) is 2.44. The zero-order valence-corrected chi connectivity index (χ0v) is 10.3. The summed E-state index contributed by atoms with van der Waals surface area (Å²) in [5.41, 5.74) is -1.21. The van der Waals surface area contributed by atoms with Crippen molar-refractivity contribution in [1.82, 2.24) is 10.2 Å². The van der Waals surface area contributed by atoms with Crippen LogP contribution in [0.2, 0.25) is 0 Å². The maximum absolute atomic E-state index is 13.0. The van der Waals surface area contributed by atoms with Crippen LogP contribution in [0, 0.1) is 0 Å². The van der Waals surface area contributed by atoms with E-state index in [2.05, 4.69) is 5.32 Å². The van der Waals surface area contributed by atoms with Crippen molar-refractivity contribution in [2.75, 3.05) is 19.6 Å². The van der Waals surface area contributed by atoms with Gasteiger partial charge in [0.2, 0.25) is 0 Å². The second-order valence-corrected chi connectivity index (χ2v) is 5.13. The van der Waals surface area contributed by atoms with Crippen molar-refractivity contribution < 1.29 is 18.0 Å². The summed E-state index contributed by atoms with van der Waals surface area (Å²) >= 11 is 0. The van der Waals surface area contributed by atoms with E-state index in [4.69, 9.17) is 0 Å². The number of rotatable bonds is 0. The molecule has 1 fully saturated rings. The van der Waals surface area contributed by atoms with E-state index in [1.807, 2.05) is 6.92 Å². The second kappa shape index (κ2) is 3.72. The van der Waals surface area contributed by atoms with E-state index >= 15 is 0 Å². The van der Waals surface area contributed by atoms with Gasteiger partial charge in [0.15, 0.2) is 0 Å². The summed E-state index contributed by atoms with van der Waals surface area (Å²) in [7, 11) is 0. The van der Waals surface area contributed by atoms with Gasteiger partial charge in [0.05, 0.1) is 16.7 Å². The van der Waals surface area contributed by atoms with Crippen LogP contribution in [0.3, 0.4) is 0 Å². The molecule has 0 spiro atoms. The number of benzene rings is 1. The van der Waals surface area contributed by atoms with Crippen molar-refractivity contribution in [1.29, 1.82) is 0 Å². The van der Waals surface area contributed by atoms with Crippen LogP contribution in [0.4, 0.5) is 13.2 Å². The third kappa shape index (κ3) is 1.59. The molecule has 0 radical (unpaired) electrons. The molecule has 0 aliphatic carbocycles. The minimum absolute atomic E-state index is 0.179. The molecular formula is C13H13F3N2O. The Morgan fingerprint density at radius 2 is 2.11 bits per heavy atom. The third-order valence-electron chi connectivity index (χ3n) is 3.99. The van der Waals surface area contributed by atoms with Gasteiger partial charge >= 0.3 is 6.18 Å². The quantitative estimate of drug-likeness (QED) is 0.782. The first kappa shape index (κ1) is 12.5. The highest BCUT2D eigenvalue weighted by molar-refractivity contribution is 6.01. The number of halogens is 3. The smallest absolute Gasteiger partial charge is 0.327 e. The number of piperazine rings is 1. The lowest BCUT2D eigenvalue weighted by Crippen LogP contribution is -2.55. The van der Waals surface area contributed by atoms with Crippen LogP contribution in [-0.4, -0.2) is 30.4 Å². The van der Waals surface area contributed by atoms with Gasteiger partial charge in [0, 0.05) is 19.6 Å². The summed E-state index contributed by atoms with van der Waals surface area (Å²) in [5, 5.41) is 3.14. The van der Waals surface area contributed by atoms with Crippen molar-refractivity contribution in [3.8, 4) is 0 Å². The van der Waals surface area contributed by atoms with Crippen LogP contribution >= 0.6 is 0 Å². The van der Waals surface area contributed by atoms with Gasteiger partial charge in [-0.25, -0.2) is 0 Å². The number of nitrogens with zero attached hydrogens (tertiary/aromatic N) is 1. The molecule has 1 N–H and O–H groups in total. The van der Waals surface area contributed by atoms with Crippen LogP contribution in [0.1, 0.15) is 28.4 Å². The topological polar surface area (TPSA) is 32.3 Å². The number of hydrogen-bond donors (Lipinski definition) is 1. The van der Waals surface area contributed by atoms with E-state index in [9.17, 15) is 18.0 Å². The van der Waals surface area contributed by atoms with E-state index in [0.717, 1.165) is 6.07 Å². The summed E-state index contributed by atoms with van der Waals surface area (Å²) < 4.78 is 39.1. The van der Waals surface area contributed by atoms with Gasteiger partial charge in [-0.1, -0.05) is 12.1 Å². The number of hydrogen-bond acceptors (Lipinski definition) is 2. The lowest BCUT2D eigenvalue weighted by Gasteiger charge is -2.40. The predicted octanol–water partition coefficient (Wildman–Crippen LogP) is 1.98. The summed E-state index contributed by atoms with van der Waals surface area (Å²) in [6.07, 6.45) is -4.50. The maximum Gasteiger partial charge on any atom is 0.417 e. The molecular weight excluding hydrogens is 257 g/mol. The molecule has 102 valence electrons. The summed E-state index contributed by atoms with van der Waals surface area (Å²) in [4.78, 5) is 13.8. The fourth-order valence-electron chi connectivity index (χ4n) is 3.03. The number of nitrogens with one attached hydrogen (secondary N) is 1.